The lowest BCUT2D eigenvalue weighted by Gasteiger charge is -2.45. The number of rotatable bonds is 2. The molecule has 2 aliphatic heterocycles. The van der Waals surface area contributed by atoms with Gasteiger partial charge in [-0.3, -0.25) is 0 Å². The van der Waals surface area contributed by atoms with Crippen molar-refractivity contribution in [3.8, 4) is 5.69 Å². The van der Waals surface area contributed by atoms with Crippen LogP contribution in [0.3, 0.4) is 0 Å². The van der Waals surface area contributed by atoms with Crippen LogP contribution in [0, 0.1) is 5.82 Å². The van der Waals surface area contributed by atoms with Gasteiger partial charge in [-0.1, -0.05) is 30.3 Å². The molecular weight excluding hydrogens is 425 g/mol. The number of fused-ring (bicyclic) bond motifs is 5. The van der Waals surface area contributed by atoms with Crippen LogP contribution in [0.5, 0.6) is 0 Å². The van der Waals surface area contributed by atoms with Crippen molar-refractivity contribution in [2.75, 3.05) is 18.4 Å². The molecule has 0 saturated carbocycles. The van der Waals surface area contributed by atoms with Gasteiger partial charge < -0.3 is 9.88 Å². The van der Waals surface area contributed by atoms with Crippen LogP contribution in [-0.4, -0.2) is 30.4 Å². The van der Waals surface area contributed by atoms with Gasteiger partial charge in [0.1, 0.15) is 5.82 Å². The SMILES string of the molecule is O=S(=O)(c1ccc2ccccc2c1)N1CCC2(CC1)Nc1cc(F)ccc1-n1cccc12. The maximum atomic E-state index is 13.9. The molecule has 0 bridgehead atoms. The minimum absolute atomic E-state index is 0.293. The zero-order chi connectivity index (χ0) is 21.9. The summed E-state index contributed by atoms with van der Waals surface area (Å²) in [4.78, 5) is 0.319. The van der Waals surface area contributed by atoms with Gasteiger partial charge in [-0.2, -0.15) is 4.31 Å². The highest BCUT2D eigenvalue weighted by molar-refractivity contribution is 7.89. The third kappa shape index (κ3) is 2.88. The van der Waals surface area contributed by atoms with Crippen LogP contribution >= 0.6 is 0 Å². The number of nitrogens with one attached hydrogen (secondary N) is 1. The summed E-state index contributed by atoms with van der Waals surface area (Å²) in [6.45, 7) is 0.774. The molecule has 5 nitrogen and oxygen atoms in total. The summed E-state index contributed by atoms with van der Waals surface area (Å²) in [5, 5.41) is 5.47. The number of hydrogen-bond donors (Lipinski definition) is 1. The van der Waals surface area contributed by atoms with Crippen molar-refractivity contribution in [3.63, 3.8) is 0 Å². The molecule has 1 saturated heterocycles. The predicted molar refractivity (Wildman–Crippen MR) is 123 cm³/mol. The summed E-state index contributed by atoms with van der Waals surface area (Å²) in [6, 6.07) is 21.8. The van der Waals surface area contributed by atoms with Crippen LogP contribution in [0.1, 0.15) is 18.5 Å². The number of hydrogen-bond acceptors (Lipinski definition) is 3. The molecule has 1 aromatic heterocycles. The molecule has 32 heavy (non-hydrogen) atoms. The first kappa shape index (κ1) is 19.5. The number of anilines is 1. The van der Waals surface area contributed by atoms with Gasteiger partial charge in [0.25, 0.3) is 0 Å². The number of sulfonamides is 1. The van der Waals surface area contributed by atoms with E-state index in [-0.39, 0.29) is 5.82 Å². The summed E-state index contributed by atoms with van der Waals surface area (Å²) in [7, 11) is -3.60. The Balaban J connectivity index is 1.31. The lowest BCUT2D eigenvalue weighted by Crippen LogP contribution is -2.51. The molecule has 1 fully saturated rings. The second kappa shape index (κ2) is 6.92. The fourth-order valence-corrected chi connectivity index (χ4v) is 6.56. The largest absolute Gasteiger partial charge is 0.372 e. The van der Waals surface area contributed by atoms with Gasteiger partial charge in [-0.15, -0.1) is 0 Å². The van der Waals surface area contributed by atoms with E-state index in [1.54, 1.807) is 22.5 Å². The number of halogens is 1. The van der Waals surface area contributed by atoms with Crippen molar-refractivity contribution in [2.24, 2.45) is 0 Å². The molecule has 162 valence electrons. The smallest absolute Gasteiger partial charge is 0.243 e. The number of aromatic nitrogens is 1. The topological polar surface area (TPSA) is 54.3 Å². The van der Waals surface area contributed by atoms with Crippen molar-refractivity contribution >= 4 is 26.5 Å². The first-order valence-corrected chi connectivity index (χ1v) is 12.2. The average Bonchev–Trinajstić information content (AvgIpc) is 3.30. The van der Waals surface area contributed by atoms with Crippen molar-refractivity contribution in [1.29, 1.82) is 0 Å². The van der Waals surface area contributed by atoms with E-state index in [1.807, 2.05) is 42.6 Å². The number of benzene rings is 3. The second-order valence-corrected chi connectivity index (χ2v) is 10.5. The second-order valence-electron chi connectivity index (χ2n) is 8.55. The van der Waals surface area contributed by atoms with E-state index in [9.17, 15) is 12.8 Å². The summed E-state index contributed by atoms with van der Waals surface area (Å²) >= 11 is 0. The fourth-order valence-electron chi connectivity index (χ4n) is 5.09. The van der Waals surface area contributed by atoms with Gasteiger partial charge in [0, 0.05) is 25.0 Å². The lowest BCUT2D eigenvalue weighted by molar-refractivity contribution is 0.247. The summed E-state index contributed by atoms with van der Waals surface area (Å²) in [5.74, 6) is -0.293. The molecule has 0 unspecified atom stereocenters. The molecule has 0 radical (unpaired) electrons. The molecule has 4 aromatic rings. The van der Waals surface area contributed by atoms with Crippen LogP contribution in [0.2, 0.25) is 0 Å². The standard InChI is InChI=1S/C25H22FN3O2S/c26-20-8-10-23-22(17-20)27-25(24-6-3-13-29(23)24)11-14-28(15-12-25)32(30,31)21-9-7-18-4-1-2-5-19(18)16-21/h1-10,13,16-17,27H,11-12,14-15H2. The van der Waals surface area contributed by atoms with Crippen LogP contribution in [0.25, 0.3) is 16.5 Å². The van der Waals surface area contributed by atoms with E-state index in [0.29, 0.717) is 30.8 Å². The van der Waals surface area contributed by atoms with E-state index < -0.39 is 15.6 Å². The maximum Gasteiger partial charge on any atom is 0.243 e. The first-order valence-electron chi connectivity index (χ1n) is 10.7. The van der Waals surface area contributed by atoms with Crippen LogP contribution in [0.15, 0.2) is 83.9 Å². The van der Waals surface area contributed by atoms with Gasteiger partial charge in [-0.25, -0.2) is 12.8 Å². The van der Waals surface area contributed by atoms with Crippen molar-refractivity contribution in [1.82, 2.24) is 8.87 Å². The Morgan fingerprint density at radius 1 is 0.875 bits per heavy atom. The number of piperidine rings is 1. The van der Waals surface area contributed by atoms with E-state index in [0.717, 1.165) is 27.8 Å². The Hall–Kier alpha value is -3.16. The van der Waals surface area contributed by atoms with Gasteiger partial charge in [0.2, 0.25) is 10.0 Å². The Labute approximate surface area is 186 Å². The minimum atomic E-state index is -3.60. The van der Waals surface area contributed by atoms with Crippen LogP contribution in [0.4, 0.5) is 10.1 Å². The first-order chi connectivity index (χ1) is 15.5. The normalized spacial score (nSPS) is 17.7. The Morgan fingerprint density at radius 3 is 2.47 bits per heavy atom. The molecule has 7 heteroatoms. The van der Waals surface area contributed by atoms with Crippen molar-refractivity contribution in [3.05, 3.63) is 90.5 Å². The fraction of sp³-hybridized carbons (Fsp3) is 0.200. The summed E-state index contributed by atoms with van der Waals surface area (Å²) < 4.78 is 44.4. The summed E-state index contributed by atoms with van der Waals surface area (Å²) in [5.41, 5.74) is 2.29. The van der Waals surface area contributed by atoms with Gasteiger partial charge >= 0.3 is 0 Å². The third-order valence-corrected chi connectivity index (χ3v) is 8.66. The summed E-state index contributed by atoms with van der Waals surface area (Å²) in [6.07, 6.45) is 3.17. The molecule has 2 aliphatic rings. The quantitative estimate of drug-likeness (QED) is 0.477. The molecule has 3 aromatic carbocycles. The zero-order valence-corrected chi connectivity index (χ0v) is 18.1. The van der Waals surface area contributed by atoms with Crippen molar-refractivity contribution in [2.45, 2.75) is 23.3 Å². The van der Waals surface area contributed by atoms with E-state index in [1.165, 1.54) is 12.1 Å². The zero-order valence-electron chi connectivity index (χ0n) is 17.3. The van der Waals surface area contributed by atoms with Crippen LogP contribution in [-0.2, 0) is 15.6 Å². The minimum Gasteiger partial charge on any atom is -0.372 e. The highest BCUT2D eigenvalue weighted by Crippen LogP contribution is 2.44. The third-order valence-electron chi connectivity index (χ3n) is 6.77. The Bertz CT molecular complexity index is 1450. The van der Waals surface area contributed by atoms with Gasteiger partial charge in [0.15, 0.2) is 0 Å². The Kier molecular flexibility index (Phi) is 4.22. The molecule has 6 rings (SSSR count). The highest BCUT2D eigenvalue weighted by Gasteiger charge is 2.43. The van der Waals surface area contributed by atoms with E-state index in [4.69, 9.17) is 0 Å². The Morgan fingerprint density at radius 2 is 1.66 bits per heavy atom. The highest BCUT2D eigenvalue weighted by atomic mass is 32.2. The maximum absolute atomic E-state index is 13.9. The molecule has 1 N–H and O–H groups in total. The van der Waals surface area contributed by atoms with Gasteiger partial charge in [0.05, 0.1) is 21.8 Å². The molecule has 0 aliphatic carbocycles. The molecule has 1 spiro atoms. The number of nitrogens with zero attached hydrogens (tertiary/aromatic N) is 2. The van der Waals surface area contributed by atoms with E-state index in [2.05, 4.69) is 16.0 Å². The predicted octanol–water partition coefficient (Wildman–Crippen LogP) is 4.88. The molecule has 3 heterocycles. The van der Waals surface area contributed by atoms with Crippen molar-refractivity contribution < 1.29 is 12.8 Å². The van der Waals surface area contributed by atoms with E-state index >= 15 is 0 Å². The molecular formula is C25H22FN3O2S. The lowest BCUT2D eigenvalue weighted by atomic mass is 9.83. The van der Waals surface area contributed by atoms with Gasteiger partial charge in [-0.05, 0) is 66.1 Å². The average molecular weight is 448 g/mol. The van der Waals surface area contributed by atoms with Crippen LogP contribution < -0.4 is 5.32 Å². The monoisotopic (exact) mass is 447 g/mol. The molecule has 0 amide bonds. The molecule has 0 atom stereocenters.